The van der Waals surface area contributed by atoms with Crippen LogP contribution in [0.5, 0.6) is 10.9 Å². The molecule has 0 aliphatic carbocycles. The van der Waals surface area contributed by atoms with Gasteiger partial charge in [0, 0.05) is 11.1 Å². The van der Waals surface area contributed by atoms with Gasteiger partial charge >= 0.3 is 0 Å². The highest BCUT2D eigenvalue weighted by Gasteiger charge is 2.09. The summed E-state index contributed by atoms with van der Waals surface area (Å²) >= 11 is 7.58. The maximum absolute atomic E-state index is 6.14. The Morgan fingerprint density at radius 1 is 1.25 bits per heavy atom. The van der Waals surface area contributed by atoms with E-state index in [4.69, 9.17) is 16.3 Å². The SMILES string of the molecule is Cc1cc(Oc2nnc(CNC(C)C)s2)cc(C)c1Cl. The van der Waals surface area contributed by atoms with Gasteiger partial charge in [0.25, 0.3) is 5.19 Å². The first-order chi connectivity index (χ1) is 9.45. The van der Waals surface area contributed by atoms with Crippen molar-refractivity contribution in [2.24, 2.45) is 0 Å². The molecule has 0 saturated heterocycles. The van der Waals surface area contributed by atoms with E-state index in [2.05, 4.69) is 29.4 Å². The fourth-order valence-corrected chi connectivity index (χ4v) is 2.48. The predicted molar refractivity (Wildman–Crippen MR) is 82.9 cm³/mol. The summed E-state index contributed by atoms with van der Waals surface area (Å²) in [5, 5.41) is 13.7. The van der Waals surface area contributed by atoms with Crippen molar-refractivity contribution in [2.75, 3.05) is 0 Å². The van der Waals surface area contributed by atoms with Crippen molar-refractivity contribution in [3.63, 3.8) is 0 Å². The van der Waals surface area contributed by atoms with E-state index in [1.54, 1.807) is 0 Å². The van der Waals surface area contributed by atoms with Crippen molar-refractivity contribution in [3.8, 4) is 10.9 Å². The number of rotatable bonds is 5. The number of hydrogen-bond acceptors (Lipinski definition) is 5. The third kappa shape index (κ3) is 3.91. The summed E-state index contributed by atoms with van der Waals surface area (Å²) in [5.74, 6) is 0.740. The lowest BCUT2D eigenvalue weighted by Gasteiger charge is -2.07. The Hall–Kier alpha value is -1.17. The summed E-state index contributed by atoms with van der Waals surface area (Å²) < 4.78 is 5.74. The molecule has 1 heterocycles. The number of aryl methyl sites for hydroxylation is 2. The third-order valence-electron chi connectivity index (χ3n) is 2.72. The molecule has 0 bridgehead atoms. The molecule has 2 aromatic rings. The maximum Gasteiger partial charge on any atom is 0.299 e. The quantitative estimate of drug-likeness (QED) is 0.903. The van der Waals surface area contributed by atoms with Crippen molar-refractivity contribution >= 4 is 22.9 Å². The lowest BCUT2D eigenvalue weighted by atomic mass is 10.1. The molecule has 1 aromatic carbocycles. The minimum atomic E-state index is 0.421. The number of nitrogens with one attached hydrogen (secondary N) is 1. The van der Waals surface area contributed by atoms with Crippen LogP contribution in [0.15, 0.2) is 12.1 Å². The molecule has 0 spiro atoms. The van der Waals surface area contributed by atoms with Gasteiger partial charge in [-0.2, -0.15) is 0 Å². The van der Waals surface area contributed by atoms with Gasteiger partial charge in [-0.25, -0.2) is 0 Å². The van der Waals surface area contributed by atoms with Crippen LogP contribution in [0.25, 0.3) is 0 Å². The van der Waals surface area contributed by atoms with E-state index in [0.717, 1.165) is 26.9 Å². The van der Waals surface area contributed by atoms with Crippen LogP contribution in [0.1, 0.15) is 30.0 Å². The van der Waals surface area contributed by atoms with Crippen molar-refractivity contribution in [1.82, 2.24) is 15.5 Å². The average molecular weight is 312 g/mol. The molecule has 1 aromatic heterocycles. The van der Waals surface area contributed by atoms with Gasteiger partial charge in [-0.05, 0) is 37.1 Å². The fourth-order valence-electron chi connectivity index (χ4n) is 1.71. The second-order valence-corrected chi connectivity index (χ2v) is 6.37. The number of aromatic nitrogens is 2. The molecular formula is C14H18ClN3OS. The minimum Gasteiger partial charge on any atom is -0.430 e. The largest absolute Gasteiger partial charge is 0.430 e. The van der Waals surface area contributed by atoms with Crippen LogP contribution in [0.2, 0.25) is 5.02 Å². The Bertz CT molecular complexity index is 575. The maximum atomic E-state index is 6.14. The summed E-state index contributed by atoms with van der Waals surface area (Å²) in [7, 11) is 0. The number of halogens is 1. The standard InChI is InChI=1S/C14H18ClN3OS/c1-8(2)16-7-12-17-18-14(20-12)19-11-5-9(3)13(15)10(4)6-11/h5-6,8,16H,7H2,1-4H3. The molecule has 0 amide bonds. The molecule has 6 heteroatoms. The molecule has 4 nitrogen and oxygen atoms in total. The average Bonchev–Trinajstić information content (AvgIpc) is 2.81. The molecule has 0 aliphatic heterocycles. The highest BCUT2D eigenvalue weighted by molar-refractivity contribution is 7.13. The van der Waals surface area contributed by atoms with Gasteiger partial charge in [0.1, 0.15) is 10.8 Å². The van der Waals surface area contributed by atoms with Crippen LogP contribution in [-0.2, 0) is 6.54 Å². The van der Waals surface area contributed by atoms with Crippen LogP contribution in [0.4, 0.5) is 0 Å². The molecule has 20 heavy (non-hydrogen) atoms. The van der Waals surface area contributed by atoms with Crippen molar-refractivity contribution in [3.05, 3.63) is 33.3 Å². The third-order valence-corrected chi connectivity index (χ3v) is 4.12. The molecule has 0 atom stereocenters. The van der Waals surface area contributed by atoms with E-state index in [0.29, 0.717) is 17.8 Å². The van der Waals surface area contributed by atoms with E-state index in [1.807, 2.05) is 26.0 Å². The molecule has 0 saturated carbocycles. The lowest BCUT2D eigenvalue weighted by Crippen LogP contribution is -2.21. The number of nitrogens with zero attached hydrogens (tertiary/aromatic N) is 2. The fraction of sp³-hybridized carbons (Fsp3) is 0.429. The summed E-state index contributed by atoms with van der Waals surface area (Å²) in [6.07, 6.45) is 0. The van der Waals surface area contributed by atoms with Crippen LogP contribution >= 0.6 is 22.9 Å². The van der Waals surface area contributed by atoms with Gasteiger partial charge in [0.15, 0.2) is 0 Å². The Labute approximate surface area is 128 Å². The highest BCUT2D eigenvalue weighted by atomic mass is 35.5. The summed E-state index contributed by atoms with van der Waals surface area (Å²) in [4.78, 5) is 0. The van der Waals surface area contributed by atoms with Crippen LogP contribution in [0, 0.1) is 13.8 Å². The molecule has 0 unspecified atom stereocenters. The van der Waals surface area contributed by atoms with Gasteiger partial charge < -0.3 is 10.1 Å². The molecule has 2 rings (SSSR count). The second-order valence-electron chi connectivity index (χ2n) is 4.97. The van der Waals surface area contributed by atoms with E-state index in [-0.39, 0.29) is 0 Å². The molecular weight excluding hydrogens is 294 g/mol. The molecule has 1 N–H and O–H groups in total. The van der Waals surface area contributed by atoms with Gasteiger partial charge in [-0.15, -0.1) is 5.10 Å². The van der Waals surface area contributed by atoms with Crippen molar-refractivity contribution in [1.29, 1.82) is 0 Å². The van der Waals surface area contributed by atoms with Gasteiger partial charge in [-0.3, -0.25) is 0 Å². The zero-order chi connectivity index (χ0) is 14.7. The van der Waals surface area contributed by atoms with E-state index in [1.165, 1.54) is 11.3 Å². The van der Waals surface area contributed by atoms with Crippen molar-refractivity contribution < 1.29 is 4.74 Å². The first-order valence-corrected chi connectivity index (χ1v) is 7.65. The Balaban J connectivity index is 2.07. The first kappa shape index (κ1) is 15.2. The van der Waals surface area contributed by atoms with Gasteiger partial charge in [0.2, 0.25) is 0 Å². The highest BCUT2D eigenvalue weighted by Crippen LogP contribution is 2.30. The van der Waals surface area contributed by atoms with Crippen LogP contribution in [0.3, 0.4) is 0 Å². The Morgan fingerprint density at radius 2 is 1.90 bits per heavy atom. The number of hydrogen-bond donors (Lipinski definition) is 1. The Morgan fingerprint density at radius 3 is 2.50 bits per heavy atom. The van der Waals surface area contributed by atoms with Gasteiger partial charge in [0.05, 0.1) is 6.54 Å². The number of ether oxygens (including phenoxy) is 1. The lowest BCUT2D eigenvalue weighted by molar-refractivity contribution is 0.472. The predicted octanol–water partition coefficient (Wildman–Crippen LogP) is 4.10. The molecule has 0 aliphatic rings. The van der Waals surface area contributed by atoms with E-state index in [9.17, 15) is 0 Å². The van der Waals surface area contributed by atoms with E-state index >= 15 is 0 Å². The smallest absolute Gasteiger partial charge is 0.299 e. The minimum absolute atomic E-state index is 0.421. The summed E-state index contributed by atoms with van der Waals surface area (Å²) in [5.41, 5.74) is 1.99. The Kier molecular flexibility index (Phi) is 4.96. The topological polar surface area (TPSA) is 47.0 Å². The molecule has 108 valence electrons. The van der Waals surface area contributed by atoms with Crippen LogP contribution < -0.4 is 10.1 Å². The monoisotopic (exact) mass is 311 g/mol. The van der Waals surface area contributed by atoms with Crippen molar-refractivity contribution in [2.45, 2.75) is 40.3 Å². The van der Waals surface area contributed by atoms with Crippen LogP contribution in [-0.4, -0.2) is 16.2 Å². The molecule has 0 radical (unpaired) electrons. The second kappa shape index (κ2) is 6.52. The van der Waals surface area contributed by atoms with Gasteiger partial charge in [-0.1, -0.05) is 41.9 Å². The zero-order valence-corrected chi connectivity index (χ0v) is 13.6. The summed E-state index contributed by atoms with van der Waals surface area (Å²) in [6, 6.07) is 4.23. The molecule has 0 fully saturated rings. The van der Waals surface area contributed by atoms with E-state index < -0.39 is 0 Å². The number of benzene rings is 1. The first-order valence-electron chi connectivity index (χ1n) is 6.46. The normalized spacial score (nSPS) is 11.1. The zero-order valence-electron chi connectivity index (χ0n) is 12.0. The summed E-state index contributed by atoms with van der Waals surface area (Å²) in [6.45, 7) is 8.81.